The van der Waals surface area contributed by atoms with E-state index in [-0.39, 0.29) is 11.0 Å². The zero-order chi connectivity index (χ0) is 12.7. The van der Waals surface area contributed by atoms with Gasteiger partial charge in [-0.05, 0) is 49.9 Å². The third-order valence-corrected chi connectivity index (χ3v) is 3.55. The number of aldehydes is 1. The molecule has 0 spiro atoms. The Kier molecular flexibility index (Phi) is 2.62. The number of benzene rings is 1. The number of hydrogen-bond donors (Lipinski definition) is 0. The van der Waals surface area contributed by atoms with E-state index in [9.17, 15) is 9.59 Å². The molecule has 0 radical (unpaired) electrons. The zero-order valence-corrected chi connectivity index (χ0v) is 10.4. The van der Waals surface area contributed by atoms with Crippen molar-refractivity contribution in [1.29, 1.82) is 0 Å². The molecule has 1 heterocycles. The van der Waals surface area contributed by atoms with Crippen LogP contribution in [0.25, 0.3) is 11.0 Å². The summed E-state index contributed by atoms with van der Waals surface area (Å²) in [5, 5.41) is 0.523. The van der Waals surface area contributed by atoms with Gasteiger partial charge in [-0.3, -0.25) is 9.59 Å². The molecule has 2 aromatic rings. The summed E-state index contributed by atoms with van der Waals surface area (Å²) in [7, 11) is 0. The summed E-state index contributed by atoms with van der Waals surface area (Å²) in [5.41, 5.74) is 4.45. The molecule has 0 atom stereocenters. The molecule has 0 bridgehead atoms. The highest BCUT2D eigenvalue weighted by molar-refractivity contribution is 5.89. The van der Waals surface area contributed by atoms with Crippen LogP contribution in [0.3, 0.4) is 0 Å². The first kappa shape index (κ1) is 11.6. The van der Waals surface area contributed by atoms with Crippen LogP contribution in [0.5, 0.6) is 0 Å². The van der Waals surface area contributed by atoms with Crippen LogP contribution in [0.15, 0.2) is 15.5 Å². The zero-order valence-electron chi connectivity index (χ0n) is 10.4. The first-order chi connectivity index (χ1) is 7.99. The van der Waals surface area contributed by atoms with Gasteiger partial charge in [-0.2, -0.15) is 0 Å². The van der Waals surface area contributed by atoms with Gasteiger partial charge >= 0.3 is 0 Å². The van der Waals surface area contributed by atoms with E-state index in [0.29, 0.717) is 17.3 Å². The van der Waals surface area contributed by atoms with Crippen LogP contribution in [-0.4, -0.2) is 6.29 Å². The Labute approximate surface area is 99.1 Å². The van der Waals surface area contributed by atoms with Crippen molar-refractivity contribution in [3.63, 3.8) is 0 Å². The number of fused-ring (bicyclic) bond motifs is 1. The van der Waals surface area contributed by atoms with Gasteiger partial charge in [0.25, 0.3) is 0 Å². The molecule has 17 heavy (non-hydrogen) atoms. The number of rotatable bonds is 1. The SMILES string of the molecule is Cc1c(C)c(C)c2c(=O)c(C=O)coc2c1C. The molecule has 0 unspecified atom stereocenters. The molecule has 0 amide bonds. The Bertz CT molecular complexity index is 678. The van der Waals surface area contributed by atoms with E-state index in [0.717, 1.165) is 22.3 Å². The van der Waals surface area contributed by atoms with Crippen molar-refractivity contribution >= 4 is 17.3 Å². The van der Waals surface area contributed by atoms with Crippen molar-refractivity contribution in [1.82, 2.24) is 0 Å². The second kappa shape index (κ2) is 3.84. The van der Waals surface area contributed by atoms with E-state index in [1.54, 1.807) is 0 Å². The molecule has 3 heteroatoms. The summed E-state index contributed by atoms with van der Waals surface area (Å²) in [4.78, 5) is 22.9. The first-order valence-electron chi connectivity index (χ1n) is 5.46. The standard InChI is InChI=1S/C14H14O3/c1-7-8(2)10(4)14-12(9(7)3)13(16)11(5-15)6-17-14/h5-6H,1-4H3. The van der Waals surface area contributed by atoms with Gasteiger partial charge in [0.1, 0.15) is 11.8 Å². The van der Waals surface area contributed by atoms with Crippen LogP contribution in [0, 0.1) is 27.7 Å². The molecular weight excluding hydrogens is 216 g/mol. The molecule has 0 saturated carbocycles. The highest BCUT2D eigenvalue weighted by atomic mass is 16.3. The lowest BCUT2D eigenvalue weighted by Gasteiger charge is -2.12. The maximum atomic E-state index is 12.1. The van der Waals surface area contributed by atoms with E-state index in [1.807, 2.05) is 27.7 Å². The quantitative estimate of drug-likeness (QED) is 0.708. The lowest BCUT2D eigenvalue weighted by Crippen LogP contribution is -2.11. The topological polar surface area (TPSA) is 47.3 Å². The van der Waals surface area contributed by atoms with Crippen LogP contribution in [0.2, 0.25) is 0 Å². The van der Waals surface area contributed by atoms with Gasteiger partial charge in [-0.25, -0.2) is 0 Å². The maximum Gasteiger partial charge on any atom is 0.203 e. The largest absolute Gasteiger partial charge is 0.463 e. The highest BCUT2D eigenvalue weighted by Crippen LogP contribution is 2.26. The van der Waals surface area contributed by atoms with Gasteiger partial charge in [-0.1, -0.05) is 0 Å². The van der Waals surface area contributed by atoms with Gasteiger partial charge in [0.2, 0.25) is 5.43 Å². The molecule has 0 aliphatic carbocycles. The van der Waals surface area contributed by atoms with E-state index in [4.69, 9.17) is 4.42 Å². The molecular formula is C14H14O3. The number of aryl methyl sites for hydroxylation is 2. The second-order valence-corrected chi connectivity index (χ2v) is 4.34. The number of carbonyl (C=O) groups is 1. The minimum atomic E-state index is -0.245. The van der Waals surface area contributed by atoms with Gasteiger partial charge in [-0.15, -0.1) is 0 Å². The molecule has 0 N–H and O–H groups in total. The van der Waals surface area contributed by atoms with Gasteiger partial charge < -0.3 is 4.42 Å². The fraction of sp³-hybridized carbons (Fsp3) is 0.286. The van der Waals surface area contributed by atoms with Crippen LogP contribution in [0.4, 0.5) is 0 Å². The lowest BCUT2D eigenvalue weighted by atomic mass is 9.94. The van der Waals surface area contributed by atoms with Crippen LogP contribution in [-0.2, 0) is 0 Å². The Hall–Kier alpha value is -1.90. The van der Waals surface area contributed by atoms with Crippen LogP contribution >= 0.6 is 0 Å². The van der Waals surface area contributed by atoms with Crippen LogP contribution < -0.4 is 5.43 Å². The Balaban J connectivity index is 3.12. The summed E-state index contributed by atoms with van der Waals surface area (Å²) in [6.45, 7) is 7.79. The number of carbonyl (C=O) groups excluding carboxylic acids is 1. The molecule has 0 fully saturated rings. The number of hydrogen-bond acceptors (Lipinski definition) is 3. The molecule has 1 aromatic carbocycles. The van der Waals surface area contributed by atoms with Gasteiger partial charge in [0.15, 0.2) is 6.29 Å². The molecule has 88 valence electrons. The van der Waals surface area contributed by atoms with Crippen molar-refractivity contribution in [2.24, 2.45) is 0 Å². The predicted molar refractivity (Wildman–Crippen MR) is 66.8 cm³/mol. The minimum Gasteiger partial charge on any atom is -0.463 e. The van der Waals surface area contributed by atoms with E-state index in [1.165, 1.54) is 6.26 Å². The normalized spacial score (nSPS) is 10.8. The Morgan fingerprint density at radius 1 is 1.00 bits per heavy atom. The predicted octanol–water partition coefficient (Wildman–Crippen LogP) is 2.84. The van der Waals surface area contributed by atoms with Crippen molar-refractivity contribution in [2.75, 3.05) is 0 Å². The van der Waals surface area contributed by atoms with Gasteiger partial charge in [0, 0.05) is 0 Å². The van der Waals surface area contributed by atoms with Crippen molar-refractivity contribution < 1.29 is 9.21 Å². The monoisotopic (exact) mass is 230 g/mol. The van der Waals surface area contributed by atoms with Crippen LogP contribution in [0.1, 0.15) is 32.6 Å². The third-order valence-electron chi connectivity index (χ3n) is 3.55. The van der Waals surface area contributed by atoms with E-state index >= 15 is 0 Å². The summed E-state index contributed by atoms with van der Waals surface area (Å²) in [5.74, 6) is 0. The van der Waals surface area contributed by atoms with E-state index in [2.05, 4.69) is 0 Å². The van der Waals surface area contributed by atoms with Crippen molar-refractivity contribution in [2.45, 2.75) is 27.7 Å². The smallest absolute Gasteiger partial charge is 0.203 e. The fourth-order valence-corrected chi connectivity index (χ4v) is 2.10. The molecule has 1 aromatic heterocycles. The maximum absolute atomic E-state index is 12.1. The Morgan fingerprint density at radius 2 is 1.59 bits per heavy atom. The van der Waals surface area contributed by atoms with Crippen molar-refractivity contribution in [3.05, 3.63) is 44.3 Å². The Morgan fingerprint density at radius 3 is 2.18 bits per heavy atom. The van der Waals surface area contributed by atoms with Gasteiger partial charge in [0.05, 0.1) is 10.9 Å². The van der Waals surface area contributed by atoms with Crippen molar-refractivity contribution in [3.8, 4) is 0 Å². The highest BCUT2D eigenvalue weighted by Gasteiger charge is 2.15. The molecule has 2 rings (SSSR count). The molecule has 0 aliphatic rings. The average molecular weight is 230 g/mol. The second-order valence-electron chi connectivity index (χ2n) is 4.34. The fourth-order valence-electron chi connectivity index (χ4n) is 2.10. The summed E-state index contributed by atoms with van der Waals surface area (Å²) < 4.78 is 5.43. The first-order valence-corrected chi connectivity index (χ1v) is 5.46. The molecule has 3 nitrogen and oxygen atoms in total. The summed E-state index contributed by atoms with van der Waals surface area (Å²) in [6.07, 6.45) is 1.77. The lowest BCUT2D eigenvalue weighted by molar-refractivity contribution is 0.112. The molecule has 0 saturated heterocycles. The third kappa shape index (κ3) is 1.50. The molecule has 0 aliphatic heterocycles. The van der Waals surface area contributed by atoms with E-state index < -0.39 is 0 Å². The average Bonchev–Trinajstić information content (AvgIpc) is 2.33. The minimum absolute atomic E-state index is 0.0725. The summed E-state index contributed by atoms with van der Waals surface area (Å²) >= 11 is 0. The summed E-state index contributed by atoms with van der Waals surface area (Å²) in [6, 6.07) is 0.